The Morgan fingerprint density at radius 2 is 1.69 bits per heavy atom. The zero-order valence-corrected chi connectivity index (χ0v) is 17.5. The summed E-state index contributed by atoms with van der Waals surface area (Å²) >= 11 is 0. The van der Waals surface area contributed by atoms with Gasteiger partial charge in [0.15, 0.2) is 0 Å². The van der Waals surface area contributed by atoms with Gasteiger partial charge in [0.25, 0.3) is 0 Å². The van der Waals surface area contributed by atoms with Gasteiger partial charge in [0.2, 0.25) is 18.2 Å². The lowest BCUT2D eigenvalue weighted by Crippen LogP contribution is -2.54. The summed E-state index contributed by atoms with van der Waals surface area (Å²) in [4.78, 5) is 13.8. The van der Waals surface area contributed by atoms with Crippen molar-refractivity contribution in [1.29, 1.82) is 0 Å². The second-order valence-electron chi connectivity index (χ2n) is 7.88. The van der Waals surface area contributed by atoms with E-state index >= 15 is 0 Å². The first-order valence-corrected chi connectivity index (χ1v) is 10.4. The molecule has 2 aromatic carbocycles. The van der Waals surface area contributed by atoms with Gasteiger partial charge in [-0.1, -0.05) is 25.1 Å². The Morgan fingerprint density at radius 1 is 1.03 bits per heavy atom. The van der Waals surface area contributed by atoms with Crippen LogP contribution < -0.4 is 16.0 Å². The molecule has 0 amide bonds. The van der Waals surface area contributed by atoms with E-state index in [-0.39, 0.29) is 6.29 Å². The van der Waals surface area contributed by atoms with Crippen molar-refractivity contribution in [1.82, 2.24) is 4.90 Å². The molecule has 0 spiro atoms. The number of likely N-dealkylation sites (tertiary alicyclic amines) is 1. The summed E-state index contributed by atoms with van der Waals surface area (Å²) in [6, 6.07) is 15.1. The molecule has 1 atom stereocenters. The molecular weight excluding hydrogens is 360 g/mol. The highest BCUT2D eigenvalue weighted by Gasteiger charge is 2.32. The lowest BCUT2D eigenvalue weighted by atomic mass is 10.1. The van der Waals surface area contributed by atoms with E-state index in [9.17, 15) is 0 Å². The number of hydrogen-bond acceptors (Lipinski definition) is 6. The van der Waals surface area contributed by atoms with Gasteiger partial charge < -0.3 is 16.0 Å². The molecule has 2 heterocycles. The van der Waals surface area contributed by atoms with Gasteiger partial charge in [-0.25, -0.2) is 4.99 Å². The van der Waals surface area contributed by atoms with Crippen molar-refractivity contribution >= 4 is 23.3 Å². The van der Waals surface area contributed by atoms with Crippen molar-refractivity contribution < 1.29 is 0 Å². The van der Waals surface area contributed by atoms with Crippen LogP contribution in [-0.2, 0) is 6.42 Å². The maximum Gasteiger partial charge on any atom is 0.222 e. The normalized spacial score (nSPS) is 19.2. The Bertz CT molecular complexity index is 905. The fraction of sp³-hybridized carbons (Fsp3) is 0.391. The molecule has 29 heavy (non-hydrogen) atoms. The minimum absolute atomic E-state index is 0.315. The highest BCUT2D eigenvalue weighted by Crippen LogP contribution is 2.26. The first-order valence-electron chi connectivity index (χ1n) is 10.4. The molecular formula is C23H30N6. The summed E-state index contributed by atoms with van der Waals surface area (Å²) in [5.74, 6) is 1.19. The molecule has 0 radical (unpaired) electrons. The zero-order chi connectivity index (χ0) is 20.4. The van der Waals surface area contributed by atoms with Crippen LogP contribution in [0.15, 0.2) is 52.4 Å². The quantitative estimate of drug-likeness (QED) is 0.832. The third-order valence-electron chi connectivity index (χ3n) is 5.46. The van der Waals surface area contributed by atoms with Gasteiger partial charge in [0.1, 0.15) is 0 Å². The van der Waals surface area contributed by atoms with E-state index in [2.05, 4.69) is 88.3 Å². The molecule has 1 fully saturated rings. The number of nitrogens with zero attached hydrogens (tertiary/aromatic N) is 4. The van der Waals surface area contributed by atoms with Crippen molar-refractivity contribution in [2.45, 2.75) is 46.3 Å². The van der Waals surface area contributed by atoms with Crippen LogP contribution in [0.25, 0.3) is 0 Å². The van der Waals surface area contributed by atoms with Gasteiger partial charge in [0, 0.05) is 24.5 Å². The Kier molecular flexibility index (Phi) is 5.43. The van der Waals surface area contributed by atoms with Crippen molar-refractivity contribution in [3.8, 4) is 0 Å². The number of benzene rings is 2. The van der Waals surface area contributed by atoms with E-state index in [1.807, 2.05) is 0 Å². The van der Waals surface area contributed by atoms with Crippen LogP contribution in [0.4, 0.5) is 11.4 Å². The first kappa shape index (κ1) is 19.3. The summed E-state index contributed by atoms with van der Waals surface area (Å²) in [6.45, 7) is 8.37. The van der Waals surface area contributed by atoms with Gasteiger partial charge in [-0.2, -0.15) is 4.99 Å². The first-order chi connectivity index (χ1) is 14.0. The molecule has 2 aliphatic rings. The van der Waals surface area contributed by atoms with E-state index in [0.29, 0.717) is 5.96 Å². The minimum Gasteiger partial charge on any atom is -0.368 e. The number of hydrogen-bond donors (Lipinski definition) is 2. The standard InChI is InChI=1S/C23H30N6/c1-4-18-7-9-20(10-8-18)29-22(25-19-14-16(2)13-17(3)15-19)26-21(24)27-23(29)28-11-5-6-12-28/h7-10,13-15,22,25H,4-6,11-12H2,1-3H3,(H2,24,26). The van der Waals surface area contributed by atoms with Crippen LogP contribution in [0, 0.1) is 13.8 Å². The molecule has 152 valence electrons. The van der Waals surface area contributed by atoms with Crippen LogP contribution in [0.1, 0.15) is 36.5 Å². The second-order valence-corrected chi connectivity index (χ2v) is 7.88. The Labute approximate surface area is 173 Å². The number of anilines is 2. The molecule has 0 bridgehead atoms. The van der Waals surface area contributed by atoms with Crippen molar-refractivity contribution in [3.05, 3.63) is 59.2 Å². The van der Waals surface area contributed by atoms with Crippen LogP contribution in [0.3, 0.4) is 0 Å². The van der Waals surface area contributed by atoms with E-state index in [1.165, 1.54) is 29.5 Å². The van der Waals surface area contributed by atoms with Gasteiger partial charge in [-0.3, -0.25) is 4.90 Å². The molecule has 4 rings (SSSR count). The molecule has 6 heteroatoms. The number of nitrogens with two attached hydrogens (primary N) is 1. The van der Waals surface area contributed by atoms with E-state index in [0.717, 1.165) is 36.8 Å². The van der Waals surface area contributed by atoms with Gasteiger partial charge >= 0.3 is 0 Å². The van der Waals surface area contributed by atoms with Crippen LogP contribution >= 0.6 is 0 Å². The largest absolute Gasteiger partial charge is 0.368 e. The molecule has 0 aliphatic carbocycles. The second kappa shape index (κ2) is 8.15. The molecule has 3 N–H and O–H groups in total. The van der Waals surface area contributed by atoms with E-state index < -0.39 is 0 Å². The maximum absolute atomic E-state index is 6.15. The Balaban J connectivity index is 1.72. The molecule has 2 aromatic rings. The van der Waals surface area contributed by atoms with E-state index in [1.54, 1.807) is 0 Å². The predicted octanol–water partition coefficient (Wildman–Crippen LogP) is 3.85. The van der Waals surface area contributed by atoms with Gasteiger partial charge in [-0.05, 0) is 74.1 Å². The highest BCUT2D eigenvalue weighted by molar-refractivity contribution is 6.06. The monoisotopic (exact) mass is 390 g/mol. The number of aryl methyl sites for hydroxylation is 3. The fourth-order valence-electron chi connectivity index (χ4n) is 4.07. The topological polar surface area (TPSA) is 69.2 Å². The lowest BCUT2D eigenvalue weighted by molar-refractivity contribution is 0.497. The van der Waals surface area contributed by atoms with Crippen molar-refractivity contribution in [3.63, 3.8) is 0 Å². The molecule has 1 saturated heterocycles. The number of aliphatic imine (C=N–C) groups is 2. The number of rotatable bonds is 4. The van der Waals surface area contributed by atoms with Crippen molar-refractivity contribution in [2.24, 2.45) is 15.7 Å². The van der Waals surface area contributed by atoms with Crippen LogP contribution in [-0.4, -0.2) is 36.2 Å². The Morgan fingerprint density at radius 3 is 2.31 bits per heavy atom. The summed E-state index contributed by atoms with van der Waals surface area (Å²) in [5, 5.41) is 3.57. The summed E-state index contributed by atoms with van der Waals surface area (Å²) in [5.41, 5.74) is 12.0. The SMILES string of the molecule is CCc1ccc(N2C(N3CCCC3)=NC(N)=NC2Nc2cc(C)cc(C)c2)cc1. The number of nitrogens with one attached hydrogen (secondary N) is 1. The Hall–Kier alpha value is -3.02. The van der Waals surface area contributed by atoms with Gasteiger partial charge in [0.05, 0.1) is 0 Å². The molecule has 6 nitrogen and oxygen atoms in total. The van der Waals surface area contributed by atoms with Crippen LogP contribution in [0.2, 0.25) is 0 Å². The van der Waals surface area contributed by atoms with Crippen LogP contribution in [0.5, 0.6) is 0 Å². The van der Waals surface area contributed by atoms with Crippen molar-refractivity contribution in [2.75, 3.05) is 23.3 Å². The third kappa shape index (κ3) is 4.21. The third-order valence-corrected chi connectivity index (χ3v) is 5.46. The zero-order valence-electron chi connectivity index (χ0n) is 17.5. The molecule has 0 saturated carbocycles. The average molecular weight is 391 g/mol. The molecule has 1 unspecified atom stereocenters. The van der Waals surface area contributed by atoms with Gasteiger partial charge in [-0.15, -0.1) is 0 Å². The summed E-state index contributed by atoms with van der Waals surface area (Å²) in [7, 11) is 0. The number of guanidine groups is 2. The molecule has 0 aromatic heterocycles. The predicted molar refractivity (Wildman–Crippen MR) is 121 cm³/mol. The smallest absolute Gasteiger partial charge is 0.222 e. The minimum atomic E-state index is -0.350. The average Bonchev–Trinajstić information content (AvgIpc) is 3.22. The fourth-order valence-corrected chi connectivity index (χ4v) is 4.07. The highest BCUT2D eigenvalue weighted by atomic mass is 15.5. The lowest BCUT2D eigenvalue weighted by Gasteiger charge is -2.38. The molecule has 2 aliphatic heterocycles. The van der Waals surface area contributed by atoms with E-state index in [4.69, 9.17) is 5.73 Å². The maximum atomic E-state index is 6.15. The summed E-state index contributed by atoms with van der Waals surface area (Å²) < 4.78 is 0. The summed E-state index contributed by atoms with van der Waals surface area (Å²) in [6.07, 6.45) is 3.02.